The fourth-order valence-electron chi connectivity index (χ4n) is 3.03. The Labute approximate surface area is 148 Å². The van der Waals surface area contributed by atoms with E-state index >= 15 is 0 Å². The summed E-state index contributed by atoms with van der Waals surface area (Å²) in [5.74, 6) is 0.845. The van der Waals surface area contributed by atoms with E-state index < -0.39 is 5.60 Å². The molecule has 3 rings (SSSR count). The van der Waals surface area contributed by atoms with Gasteiger partial charge >= 0.3 is 0 Å². The molecule has 0 aromatic heterocycles. The maximum absolute atomic E-state index is 11.5. The highest BCUT2D eigenvalue weighted by atomic mass is 16.5. The first-order valence-corrected chi connectivity index (χ1v) is 8.40. The second-order valence-corrected chi connectivity index (χ2v) is 6.01. The van der Waals surface area contributed by atoms with Gasteiger partial charge in [0.15, 0.2) is 0 Å². The van der Waals surface area contributed by atoms with Gasteiger partial charge in [0, 0.05) is 18.7 Å². The Morgan fingerprint density at radius 3 is 1.88 bits per heavy atom. The Bertz CT molecular complexity index is 748. The Balaban J connectivity index is 1.82. The van der Waals surface area contributed by atoms with Crippen LogP contribution < -0.4 is 10.1 Å². The van der Waals surface area contributed by atoms with E-state index in [-0.39, 0.29) is 0 Å². The number of benzene rings is 3. The van der Waals surface area contributed by atoms with Crippen LogP contribution in [-0.4, -0.2) is 18.8 Å². The minimum absolute atomic E-state index is 0.402. The molecule has 3 aromatic carbocycles. The highest BCUT2D eigenvalue weighted by Gasteiger charge is 2.30. The number of hydrogen-bond donors (Lipinski definition) is 2. The first-order valence-electron chi connectivity index (χ1n) is 8.40. The minimum atomic E-state index is -1.09. The molecule has 0 aliphatic heterocycles. The van der Waals surface area contributed by atoms with Crippen molar-refractivity contribution in [2.45, 2.75) is 12.1 Å². The van der Waals surface area contributed by atoms with E-state index in [2.05, 4.69) is 5.32 Å². The molecular weight excluding hydrogens is 310 g/mol. The second kappa shape index (κ2) is 7.97. The van der Waals surface area contributed by atoms with Crippen molar-refractivity contribution in [3.63, 3.8) is 0 Å². The average Bonchev–Trinajstić information content (AvgIpc) is 2.69. The molecule has 0 radical (unpaired) electrons. The molecule has 0 saturated carbocycles. The molecule has 25 heavy (non-hydrogen) atoms. The van der Waals surface area contributed by atoms with Crippen LogP contribution in [0.1, 0.15) is 16.7 Å². The average molecular weight is 333 g/mol. The lowest BCUT2D eigenvalue weighted by atomic mass is 9.86. The molecule has 0 heterocycles. The lowest BCUT2D eigenvalue weighted by Gasteiger charge is -2.30. The van der Waals surface area contributed by atoms with E-state index in [1.165, 1.54) is 0 Å². The summed E-state index contributed by atoms with van der Waals surface area (Å²) >= 11 is 0. The fourth-order valence-corrected chi connectivity index (χ4v) is 3.03. The predicted octanol–water partition coefficient (Wildman–Crippen LogP) is 3.72. The van der Waals surface area contributed by atoms with Crippen molar-refractivity contribution in [3.05, 3.63) is 102 Å². The van der Waals surface area contributed by atoms with Gasteiger partial charge in [-0.15, -0.1) is 0 Å². The highest BCUT2D eigenvalue weighted by molar-refractivity contribution is 5.37. The smallest absolute Gasteiger partial charge is 0.127 e. The number of nitrogens with one attached hydrogen (secondary N) is 1. The first-order chi connectivity index (χ1) is 12.2. The molecule has 3 heteroatoms. The Morgan fingerprint density at radius 2 is 1.32 bits per heavy atom. The molecule has 0 aliphatic carbocycles. The predicted molar refractivity (Wildman–Crippen MR) is 101 cm³/mol. The third-order valence-corrected chi connectivity index (χ3v) is 4.39. The number of para-hydroxylation sites is 1. The maximum atomic E-state index is 11.5. The quantitative estimate of drug-likeness (QED) is 0.692. The number of hydrogen-bond acceptors (Lipinski definition) is 3. The molecular formula is C22H23NO2. The molecule has 0 unspecified atom stereocenters. The van der Waals surface area contributed by atoms with E-state index in [1.807, 2.05) is 84.9 Å². The van der Waals surface area contributed by atoms with Crippen LogP contribution in [0.3, 0.4) is 0 Å². The normalized spacial score (nSPS) is 11.3. The Hall–Kier alpha value is -2.62. The van der Waals surface area contributed by atoms with Gasteiger partial charge in [-0.25, -0.2) is 0 Å². The van der Waals surface area contributed by atoms with Crippen molar-refractivity contribution in [2.24, 2.45) is 0 Å². The van der Waals surface area contributed by atoms with E-state index in [9.17, 15) is 5.11 Å². The molecule has 0 aliphatic rings. The van der Waals surface area contributed by atoms with Crippen LogP contribution in [-0.2, 0) is 12.1 Å². The van der Waals surface area contributed by atoms with Crippen LogP contribution in [0.25, 0.3) is 0 Å². The zero-order valence-corrected chi connectivity index (χ0v) is 14.4. The highest BCUT2D eigenvalue weighted by Crippen LogP contribution is 2.29. The van der Waals surface area contributed by atoms with Crippen molar-refractivity contribution in [1.82, 2.24) is 5.32 Å². The van der Waals surface area contributed by atoms with Gasteiger partial charge in [-0.1, -0.05) is 78.9 Å². The van der Waals surface area contributed by atoms with Gasteiger partial charge in [-0.2, -0.15) is 0 Å². The summed E-state index contributed by atoms with van der Waals surface area (Å²) in [6.07, 6.45) is 0. The van der Waals surface area contributed by atoms with Crippen molar-refractivity contribution in [2.75, 3.05) is 13.7 Å². The summed E-state index contributed by atoms with van der Waals surface area (Å²) < 4.78 is 5.39. The van der Waals surface area contributed by atoms with E-state index in [4.69, 9.17) is 4.74 Å². The summed E-state index contributed by atoms with van der Waals surface area (Å²) in [7, 11) is 1.67. The Kier molecular flexibility index (Phi) is 5.49. The summed E-state index contributed by atoms with van der Waals surface area (Å²) in [4.78, 5) is 0. The molecule has 2 N–H and O–H groups in total. The van der Waals surface area contributed by atoms with Gasteiger partial charge in [0.05, 0.1) is 7.11 Å². The van der Waals surface area contributed by atoms with Crippen molar-refractivity contribution in [3.8, 4) is 5.75 Å². The monoisotopic (exact) mass is 333 g/mol. The lowest BCUT2D eigenvalue weighted by Crippen LogP contribution is -2.39. The van der Waals surface area contributed by atoms with Crippen LogP contribution in [0.5, 0.6) is 5.75 Å². The SMILES string of the molecule is COc1ccccc1CNCC(O)(c1ccccc1)c1ccccc1. The topological polar surface area (TPSA) is 41.5 Å². The van der Waals surface area contributed by atoms with Crippen LogP contribution in [0, 0.1) is 0 Å². The van der Waals surface area contributed by atoms with E-state index in [0.29, 0.717) is 13.1 Å². The maximum Gasteiger partial charge on any atom is 0.127 e. The molecule has 0 spiro atoms. The second-order valence-electron chi connectivity index (χ2n) is 6.01. The molecule has 3 nitrogen and oxygen atoms in total. The third kappa shape index (κ3) is 3.90. The van der Waals surface area contributed by atoms with Gasteiger partial charge in [0.1, 0.15) is 11.4 Å². The van der Waals surface area contributed by atoms with Crippen LogP contribution >= 0.6 is 0 Å². The fraction of sp³-hybridized carbons (Fsp3) is 0.182. The lowest BCUT2D eigenvalue weighted by molar-refractivity contribution is 0.0795. The molecule has 0 saturated heterocycles. The molecule has 0 fully saturated rings. The van der Waals surface area contributed by atoms with E-state index in [1.54, 1.807) is 7.11 Å². The number of ether oxygens (including phenoxy) is 1. The number of rotatable bonds is 7. The minimum Gasteiger partial charge on any atom is -0.496 e. The van der Waals surface area contributed by atoms with Gasteiger partial charge < -0.3 is 15.2 Å². The zero-order valence-electron chi connectivity index (χ0n) is 14.4. The third-order valence-electron chi connectivity index (χ3n) is 4.39. The van der Waals surface area contributed by atoms with Crippen LogP contribution in [0.4, 0.5) is 0 Å². The van der Waals surface area contributed by atoms with Crippen molar-refractivity contribution in [1.29, 1.82) is 0 Å². The standard InChI is InChI=1S/C22H23NO2/c1-25-21-15-9-8-10-18(21)16-23-17-22(24,19-11-4-2-5-12-19)20-13-6-3-7-14-20/h2-15,23-24H,16-17H2,1H3. The molecule has 128 valence electrons. The summed E-state index contributed by atoms with van der Waals surface area (Å²) in [6, 6.07) is 27.4. The summed E-state index contributed by atoms with van der Waals surface area (Å²) in [6.45, 7) is 1.02. The summed E-state index contributed by atoms with van der Waals surface area (Å²) in [5, 5.41) is 14.8. The van der Waals surface area contributed by atoms with Crippen LogP contribution in [0.15, 0.2) is 84.9 Å². The zero-order chi connectivity index (χ0) is 17.5. The Morgan fingerprint density at radius 1 is 0.800 bits per heavy atom. The van der Waals surface area contributed by atoms with E-state index in [0.717, 1.165) is 22.4 Å². The molecule has 0 atom stereocenters. The van der Waals surface area contributed by atoms with Gasteiger partial charge in [0.25, 0.3) is 0 Å². The van der Waals surface area contributed by atoms with Gasteiger partial charge in [-0.3, -0.25) is 0 Å². The number of aliphatic hydroxyl groups is 1. The largest absolute Gasteiger partial charge is 0.496 e. The van der Waals surface area contributed by atoms with Crippen LogP contribution in [0.2, 0.25) is 0 Å². The van der Waals surface area contributed by atoms with Gasteiger partial charge in [-0.05, 0) is 17.2 Å². The molecule has 0 bridgehead atoms. The number of methoxy groups -OCH3 is 1. The van der Waals surface area contributed by atoms with Crippen molar-refractivity contribution >= 4 is 0 Å². The van der Waals surface area contributed by atoms with Crippen molar-refractivity contribution < 1.29 is 9.84 Å². The first kappa shape index (κ1) is 17.2. The summed E-state index contributed by atoms with van der Waals surface area (Å²) in [5.41, 5.74) is 1.71. The molecule has 3 aromatic rings. The van der Waals surface area contributed by atoms with Gasteiger partial charge in [0.2, 0.25) is 0 Å². The molecule has 0 amide bonds.